The molecule has 1 heterocycles. The molecule has 0 aromatic heterocycles. The van der Waals surface area contributed by atoms with Crippen molar-refractivity contribution in [3.05, 3.63) is 29.8 Å². The second kappa shape index (κ2) is 7.40. The molecule has 6 rings (SSSR count). The van der Waals surface area contributed by atoms with Crippen LogP contribution in [0.15, 0.2) is 24.3 Å². The third-order valence-electron chi connectivity index (χ3n) is 7.77. The second-order valence-corrected chi connectivity index (χ2v) is 9.79. The highest BCUT2D eigenvalue weighted by Crippen LogP contribution is 2.60. The van der Waals surface area contributed by atoms with Crippen molar-refractivity contribution in [1.82, 2.24) is 4.90 Å². The number of carbonyl (C=O) groups is 3. The van der Waals surface area contributed by atoms with Gasteiger partial charge in [0.15, 0.2) is 0 Å². The van der Waals surface area contributed by atoms with Crippen molar-refractivity contribution >= 4 is 17.8 Å². The lowest BCUT2D eigenvalue weighted by molar-refractivity contribution is -0.162. The van der Waals surface area contributed by atoms with E-state index >= 15 is 0 Å². The molecule has 1 aliphatic heterocycles. The number of benzene rings is 1. The number of esters is 2. The van der Waals surface area contributed by atoms with Crippen LogP contribution in [0.1, 0.15) is 61.7 Å². The van der Waals surface area contributed by atoms with E-state index in [2.05, 4.69) is 4.74 Å². The molecule has 5 fully saturated rings. The monoisotopic (exact) mass is 411 g/mol. The fraction of sp³-hybridized carbons (Fsp3) is 0.625. The van der Waals surface area contributed by atoms with Crippen LogP contribution in [0.25, 0.3) is 0 Å². The van der Waals surface area contributed by atoms with Gasteiger partial charge in [0.1, 0.15) is 11.8 Å². The van der Waals surface area contributed by atoms with Crippen molar-refractivity contribution in [3.63, 3.8) is 0 Å². The topological polar surface area (TPSA) is 72.9 Å². The third kappa shape index (κ3) is 3.30. The first-order valence-corrected chi connectivity index (χ1v) is 11.2. The minimum absolute atomic E-state index is 0.196. The summed E-state index contributed by atoms with van der Waals surface area (Å²) in [6, 6.07) is 5.81. The van der Waals surface area contributed by atoms with Crippen molar-refractivity contribution in [3.8, 4) is 5.75 Å². The van der Waals surface area contributed by atoms with E-state index in [9.17, 15) is 14.4 Å². The maximum atomic E-state index is 13.7. The molecule has 1 atom stereocenters. The van der Waals surface area contributed by atoms with Gasteiger partial charge in [0.2, 0.25) is 5.91 Å². The van der Waals surface area contributed by atoms with Gasteiger partial charge in [-0.15, -0.1) is 0 Å². The molecule has 4 bridgehead atoms. The lowest BCUT2D eigenvalue weighted by Gasteiger charge is -2.56. The van der Waals surface area contributed by atoms with Crippen LogP contribution in [0.3, 0.4) is 0 Å². The fourth-order valence-electron chi connectivity index (χ4n) is 6.89. The number of nitrogens with zero attached hydrogens (tertiary/aromatic N) is 1. The van der Waals surface area contributed by atoms with Crippen LogP contribution < -0.4 is 4.74 Å². The Morgan fingerprint density at radius 2 is 1.57 bits per heavy atom. The number of carbonyl (C=O) groups excluding carboxylic acids is 3. The van der Waals surface area contributed by atoms with E-state index in [4.69, 9.17) is 4.74 Å². The molecule has 1 saturated heterocycles. The van der Waals surface area contributed by atoms with E-state index in [1.54, 1.807) is 24.3 Å². The average Bonchev–Trinajstić information content (AvgIpc) is 3.22. The highest BCUT2D eigenvalue weighted by molar-refractivity contribution is 5.91. The number of amides is 1. The van der Waals surface area contributed by atoms with Crippen molar-refractivity contribution in [1.29, 1.82) is 0 Å². The van der Waals surface area contributed by atoms with Crippen molar-refractivity contribution in [2.24, 2.45) is 23.2 Å². The summed E-state index contributed by atoms with van der Waals surface area (Å²) in [7, 11) is 1.33. The predicted molar refractivity (Wildman–Crippen MR) is 109 cm³/mol. The Hall–Kier alpha value is -2.37. The van der Waals surface area contributed by atoms with Gasteiger partial charge in [0.25, 0.3) is 0 Å². The quantitative estimate of drug-likeness (QED) is 0.559. The maximum absolute atomic E-state index is 13.7. The Balaban J connectivity index is 1.28. The second-order valence-electron chi connectivity index (χ2n) is 9.79. The van der Waals surface area contributed by atoms with Crippen molar-refractivity contribution in [2.45, 2.75) is 57.4 Å². The Labute approximate surface area is 176 Å². The molecule has 0 unspecified atom stereocenters. The van der Waals surface area contributed by atoms with Crippen LogP contribution in [0, 0.1) is 23.2 Å². The SMILES string of the molecule is COC(=O)c1ccc(OC(=O)[C@H]2CCCN2C(=O)C23CC4CC(CC(C4)C2)C3)cc1. The van der Waals surface area contributed by atoms with Crippen LogP contribution in [-0.2, 0) is 14.3 Å². The van der Waals surface area contributed by atoms with Gasteiger partial charge >= 0.3 is 11.9 Å². The first-order valence-electron chi connectivity index (χ1n) is 11.2. The molecule has 1 amide bonds. The molecular weight excluding hydrogens is 382 g/mol. The summed E-state index contributed by atoms with van der Waals surface area (Å²) in [5.41, 5.74) is 0.163. The summed E-state index contributed by atoms with van der Waals surface area (Å²) < 4.78 is 10.3. The number of methoxy groups -OCH3 is 1. The molecule has 0 radical (unpaired) electrons. The molecule has 30 heavy (non-hydrogen) atoms. The zero-order valence-corrected chi connectivity index (χ0v) is 17.5. The van der Waals surface area contributed by atoms with E-state index in [1.807, 2.05) is 4.90 Å². The highest BCUT2D eigenvalue weighted by Gasteiger charge is 2.57. The van der Waals surface area contributed by atoms with Crippen LogP contribution >= 0.6 is 0 Å². The van der Waals surface area contributed by atoms with E-state index in [0.717, 1.165) is 25.7 Å². The molecule has 0 N–H and O–H groups in total. The van der Waals surface area contributed by atoms with Crippen LogP contribution in [-0.4, -0.2) is 42.4 Å². The average molecular weight is 411 g/mol. The Kier molecular flexibility index (Phi) is 4.83. The maximum Gasteiger partial charge on any atom is 0.337 e. The van der Waals surface area contributed by atoms with E-state index in [-0.39, 0.29) is 17.3 Å². The summed E-state index contributed by atoms with van der Waals surface area (Å²) in [4.78, 5) is 40.0. The zero-order valence-electron chi connectivity index (χ0n) is 17.5. The molecule has 6 heteroatoms. The molecule has 4 aliphatic carbocycles. The lowest BCUT2D eigenvalue weighted by atomic mass is 9.49. The molecular formula is C24H29NO5. The van der Waals surface area contributed by atoms with Gasteiger partial charge in [0, 0.05) is 6.54 Å². The van der Waals surface area contributed by atoms with E-state index < -0.39 is 12.0 Å². The molecule has 1 aromatic carbocycles. The fourth-order valence-corrected chi connectivity index (χ4v) is 6.89. The Morgan fingerprint density at radius 3 is 2.13 bits per heavy atom. The molecule has 6 nitrogen and oxygen atoms in total. The van der Waals surface area contributed by atoms with Crippen molar-refractivity contribution in [2.75, 3.05) is 13.7 Å². The molecule has 0 spiro atoms. The standard InChI is InChI=1S/C24H29NO5/c1-29-21(26)18-4-6-19(7-5-18)30-22(27)20-3-2-8-25(20)23(28)24-12-15-9-16(13-24)11-17(10-15)14-24/h4-7,15-17,20H,2-3,8-14H2,1H3/t15?,16?,17?,20-,24?/m1/s1. The zero-order chi connectivity index (χ0) is 20.9. The van der Waals surface area contributed by atoms with Gasteiger partial charge in [-0.1, -0.05) is 0 Å². The Morgan fingerprint density at radius 1 is 0.967 bits per heavy atom. The van der Waals surface area contributed by atoms with Gasteiger partial charge in [-0.2, -0.15) is 0 Å². The third-order valence-corrected chi connectivity index (χ3v) is 7.77. The summed E-state index contributed by atoms with van der Waals surface area (Å²) in [6.07, 6.45) is 8.37. The van der Waals surface area contributed by atoms with Gasteiger partial charge < -0.3 is 14.4 Å². The lowest BCUT2D eigenvalue weighted by Crippen LogP contribution is -2.56. The molecule has 160 valence electrons. The number of hydrogen-bond donors (Lipinski definition) is 0. The normalized spacial score (nSPS) is 34.1. The summed E-state index contributed by atoms with van der Waals surface area (Å²) in [6.45, 7) is 0.641. The van der Waals surface area contributed by atoms with E-state index in [1.165, 1.54) is 26.4 Å². The number of hydrogen-bond acceptors (Lipinski definition) is 5. The largest absolute Gasteiger partial charge is 0.465 e. The molecule has 5 aliphatic rings. The first-order chi connectivity index (χ1) is 14.5. The minimum Gasteiger partial charge on any atom is -0.465 e. The Bertz CT molecular complexity index is 826. The van der Waals surface area contributed by atoms with Gasteiger partial charge in [-0.25, -0.2) is 9.59 Å². The van der Waals surface area contributed by atoms with Gasteiger partial charge in [0.05, 0.1) is 18.1 Å². The summed E-state index contributed by atoms with van der Waals surface area (Å²) in [5.74, 6) is 1.85. The number of ether oxygens (including phenoxy) is 2. The summed E-state index contributed by atoms with van der Waals surface area (Å²) in [5, 5.41) is 0. The minimum atomic E-state index is -0.509. The van der Waals surface area contributed by atoms with Crippen molar-refractivity contribution < 1.29 is 23.9 Å². The van der Waals surface area contributed by atoms with Crippen LogP contribution in [0.5, 0.6) is 5.75 Å². The van der Waals surface area contributed by atoms with Gasteiger partial charge in [-0.05, 0) is 93.4 Å². The number of likely N-dealkylation sites (tertiary alicyclic amines) is 1. The van der Waals surface area contributed by atoms with Crippen LogP contribution in [0.4, 0.5) is 0 Å². The molecule has 1 aromatic rings. The highest BCUT2D eigenvalue weighted by atomic mass is 16.5. The van der Waals surface area contributed by atoms with Crippen LogP contribution in [0.2, 0.25) is 0 Å². The summed E-state index contributed by atoms with van der Waals surface area (Å²) >= 11 is 0. The number of rotatable bonds is 4. The first kappa shape index (κ1) is 19.6. The predicted octanol–water partition coefficient (Wildman–Crippen LogP) is 3.59. The van der Waals surface area contributed by atoms with Gasteiger partial charge in [-0.3, -0.25) is 4.79 Å². The smallest absolute Gasteiger partial charge is 0.337 e. The van der Waals surface area contributed by atoms with E-state index in [0.29, 0.717) is 42.0 Å². The molecule has 4 saturated carbocycles.